The van der Waals surface area contributed by atoms with Gasteiger partial charge in [-0.05, 0) is 43.2 Å². The molecule has 2 aromatic heterocycles. The third-order valence-corrected chi connectivity index (χ3v) is 6.61. The van der Waals surface area contributed by atoms with Gasteiger partial charge in [0.05, 0.1) is 25.2 Å². The summed E-state index contributed by atoms with van der Waals surface area (Å²) in [6.45, 7) is 3.88. The summed E-state index contributed by atoms with van der Waals surface area (Å²) >= 11 is 1.31. The Labute approximate surface area is 187 Å². The minimum absolute atomic E-state index is 0.0239. The number of benzene rings is 2. The Morgan fingerprint density at radius 2 is 1.88 bits per heavy atom. The second-order valence-corrected chi connectivity index (χ2v) is 8.45. The molecular formula is C24H20N2O5S. The van der Waals surface area contributed by atoms with Gasteiger partial charge in [-0.2, -0.15) is 0 Å². The Morgan fingerprint density at radius 3 is 2.56 bits per heavy atom. The fourth-order valence-corrected chi connectivity index (χ4v) is 4.85. The van der Waals surface area contributed by atoms with Crippen LogP contribution in [0.15, 0.2) is 51.1 Å². The highest BCUT2D eigenvalue weighted by atomic mass is 32.1. The molecule has 162 valence electrons. The smallest absolute Gasteiger partial charge is 0.297 e. The molecule has 8 heteroatoms. The molecule has 0 N–H and O–H groups in total. The van der Waals surface area contributed by atoms with Crippen LogP contribution in [0, 0.1) is 13.8 Å². The molecule has 0 fully saturated rings. The second kappa shape index (κ2) is 7.49. The summed E-state index contributed by atoms with van der Waals surface area (Å²) < 4.78 is 17.2. The Kier molecular flexibility index (Phi) is 4.74. The van der Waals surface area contributed by atoms with E-state index in [4.69, 9.17) is 13.9 Å². The van der Waals surface area contributed by atoms with Crippen molar-refractivity contribution in [3.8, 4) is 11.5 Å². The summed E-state index contributed by atoms with van der Waals surface area (Å²) in [6.07, 6.45) is 1.62. The molecule has 0 bridgehead atoms. The van der Waals surface area contributed by atoms with Crippen LogP contribution >= 0.6 is 11.3 Å². The van der Waals surface area contributed by atoms with Gasteiger partial charge >= 0.3 is 0 Å². The molecule has 4 aromatic rings. The van der Waals surface area contributed by atoms with Crippen LogP contribution < -0.4 is 19.8 Å². The van der Waals surface area contributed by atoms with Gasteiger partial charge in [-0.3, -0.25) is 14.5 Å². The van der Waals surface area contributed by atoms with E-state index in [9.17, 15) is 9.59 Å². The monoisotopic (exact) mass is 448 g/mol. The number of amides is 1. The van der Waals surface area contributed by atoms with Crippen LogP contribution in [-0.2, 0) is 0 Å². The van der Waals surface area contributed by atoms with E-state index >= 15 is 0 Å². The number of hydrogen-bond donors (Lipinski definition) is 0. The quantitative estimate of drug-likeness (QED) is 0.453. The molecule has 0 saturated heterocycles. The highest BCUT2D eigenvalue weighted by Crippen LogP contribution is 2.46. The number of aryl methyl sites for hydroxylation is 2. The summed E-state index contributed by atoms with van der Waals surface area (Å²) in [4.78, 5) is 33.2. The fraction of sp³-hybridized carbons (Fsp3) is 0.208. The number of methoxy groups -OCH3 is 2. The molecule has 1 aliphatic heterocycles. The van der Waals surface area contributed by atoms with Gasteiger partial charge in [-0.15, -0.1) is 11.3 Å². The van der Waals surface area contributed by atoms with Gasteiger partial charge in [-0.25, -0.2) is 4.98 Å². The molecule has 1 unspecified atom stereocenters. The molecule has 0 spiro atoms. The number of fused-ring (bicyclic) bond motifs is 2. The van der Waals surface area contributed by atoms with Gasteiger partial charge < -0.3 is 13.9 Å². The molecule has 2 aromatic carbocycles. The van der Waals surface area contributed by atoms with Crippen molar-refractivity contribution in [1.29, 1.82) is 0 Å². The SMILES string of the molecule is COc1cccc(C2c3c(oc4cc(C)c(C)cc4c3=O)C(=O)N2c2nccs2)c1OC. The van der Waals surface area contributed by atoms with Crippen molar-refractivity contribution in [3.63, 3.8) is 0 Å². The average molecular weight is 449 g/mol. The lowest BCUT2D eigenvalue weighted by molar-refractivity contribution is 0.0970. The molecule has 0 radical (unpaired) electrons. The van der Waals surface area contributed by atoms with Gasteiger partial charge in [-0.1, -0.05) is 12.1 Å². The number of rotatable bonds is 4. The van der Waals surface area contributed by atoms with E-state index in [1.807, 2.05) is 26.0 Å². The predicted octanol–water partition coefficient (Wildman–Crippen LogP) is 4.63. The normalized spacial score (nSPS) is 15.3. The lowest BCUT2D eigenvalue weighted by atomic mass is 9.96. The molecule has 0 saturated carbocycles. The second-order valence-electron chi connectivity index (χ2n) is 7.58. The molecule has 3 heterocycles. The van der Waals surface area contributed by atoms with Gasteiger partial charge in [0.1, 0.15) is 11.6 Å². The van der Waals surface area contributed by atoms with Crippen molar-refractivity contribution in [2.75, 3.05) is 19.1 Å². The number of carbonyl (C=O) groups excluding carboxylic acids is 1. The number of para-hydroxylation sites is 1. The summed E-state index contributed by atoms with van der Waals surface area (Å²) in [7, 11) is 3.07. The van der Waals surface area contributed by atoms with Crippen LogP contribution in [0.25, 0.3) is 11.0 Å². The Hall–Kier alpha value is -3.65. The maximum absolute atomic E-state index is 13.8. The lowest BCUT2D eigenvalue weighted by Crippen LogP contribution is -2.29. The van der Waals surface area contributed by atoms with E-state index in [0.29, 0.717) is 33.2 Å². The van der Waals surface area contributed by atoms with E-state index in [2.05, 4.69) is 4.98 Å². The maximum Gasteiger partial charge on any atom is 0.297 e. The minimum atomic E-state index is -0.768. The summed E-state index contributed by atoms with van der Waals surface area (Å²) in [6, 6.07) is 8.23. The first-order valence-corrected chi connectivity index (χ1v) is 10.9. The van der Waals surface area contributed by atoms with E-state index in [-0.39, 0.29) is 16.8 Å². The molecule has 1 amide bonds. The average Bonchev–Trinajstić information content (AvgIpc) is 3.41. The van der Waals surface area contributed by atoms with E-state index in [0.717, 1.165) is 11.1 Å². The molecule has 0 aliphatic carbocycles. The highest BCUT2D eigenvalue weighted by molar-refractivity contribution is 7.13. The van der Waals surface area contributed by atoms with Gasteiger partial charge in [0.25, 0.3) is 5.91 Å². The van der Waals surface area contributed by atoms with Crippen LogP contribution in [0.3, 0.4) is 0 Å². The van der Waals surface area contributed by atoms with Crippen LogP contribution in [0.1, 0.15) is 38.9 Å². The first-order valence-electron chi connectivity index (χ1n) is 9.98. The molecule has 5 rings (SSSR count). The Bertz CT molecular complexity index is 1420. The summed E-state index contributed by atoms with van der Waals surface area (Å²) in [5.41, 5.74) is 2.99. The number of thiazole rings is 1. The zero-order chi connectivity index (χ0) is 22.6. The van der Waals surface area contributed by atoms with Gasteiger partial charge in [0.15, 0.2) is 22.1 Å². The first-order chi connectivity index (χ1) is 15.5. The van der Waals surface area contributed by atoms with Crippen molar-refractivity contribution >= 4 is 33.3 Å². The summed E-state index contributed by atoms with van der Waals surface area (Å²) in [5.74, 6) is 0.557. The van der Waals surface area contributed by atoms with Crippen LogP contribution in [-0.4, -0.2) is 25.1 Å². The molecule has 7 nitrogen and oxygen atoms in total. The van der Waals surface area contributed by atoms with E-state index in [1.165, 1.54) is 23.3 Å². The number of ether oxygens (including phenoxy) is 2. The maximum atomic E-state index is 13.8. The van der Waals surface area contributed by atoms with Crippen molar-refractivity contribution in [3.05, 3.63) is 80.1 Å². The molecule has 1 atom stereocenters. The van der Waals surface area contributed by atoms with Gasteiger partial charge in [0.2, 0.25) is 5.76 Å². The van der Waals surface area contributed by atoms with Crippen molar-refractivity contribution in [2.45, 2.75) is 19.9 Å². The minimum Gasteiger partial charge on any atom is -0.493 e. The third-order valence-electron chi connectivity index (χ3n) is 5.84. The molecular weight excluding hydrogens is 428 g/mol. The zero-order valence-corrected chi connectivity index (χ0v) is 18.8. The Morgan fingerprint density at radius 1 is 1.09 bits per heavy atom. The van der Waals surface area contributed by atoms with Crippen molar-refractivity contribution < 1.29 is 18.7 Å². The highest BCUT2D eigenvalue weighted by Gasteiger charge is 2.46. The molecule has 32 heavy (non-hydrogen) atoms. The van der Waals surface area contributed by atoms with Crippen LogP contribution in [0.4, 0.5) is 5.13 Å². The van der Waals surface area contributed by atoms with E-state index in [1.54, 1.807) is 36.9 Å². The Balaban J connectivity index is 1.87. The number of hydrogen-bond acceptors (Lipinski definition) is 7. The summed E-state index contributed by atoms with van der Waals surface area (Å²) in [5, 5.41) is 2.68. The van der Waals surface area contributed by atoms with E-state index < -0.39 is 11.9 Å². The van der Waals surface area contributed by atoms with Crippen LogP contribution in [0.2, 0.25) is 0 Å². The standard InChI is InChI=1S/C24H20N2O5S/c1-12-10-15-17(11-13(12)2)31-22-18(20(15)27)19(26(23(22)28)24-25-8-9-32-24)14-6-5-7-16(29-3)21(14)30-4/h5-11,19H,1-4H3. The van der Waals surface area contributed by atoms with Gasteiger partial charge in [0, 0.05) is 17.1 Å². The predicted molar refractivity (Wildman–Crippen MR) is 122 cm³/mol. The molecule has 1 aliphatic rings. The largest absolute Gasteiger partial charge is 0.493 e. The lowest BCUT2D eigenvalue weighted by Gasteiger charge is -2.24. The number of carbonyl (C=O) groups is 1. The fourth-order valence-electron chi connectivity index (χ4n) is 4.18. The topological polar surface area (TPSA) is 81.9 Å². The number of anilines is 1. The van der Waals surface area contributed by atoms with Crippen molar-refractivity contribution in [2.24, 2.45) is 0 Å². The first kappa shape index (κ1) is 20.3. The number of nitrogens with zero attached hydrogens (tertiary/aromatic N) is 2. The van der Waals surface area contributed by atoms with Crippen LogP contribution in [0.5, 0.6) is 11.5 Å². The van der Waals surface area contributed by atoms with Crippen molar-refractivity contribution in [1.82, 2.24) is 4.98 Å². The number of aromatic nitrogens is 1. The zero-order valence-electron chi connectivity index (χ0n) is 18.0. The third kappa shape index (κ3) is 2.83.